The van der Waals surface area contributed by atoms with Gasteiger partial charge in [-0.25, -0.2) is 8.42 Å². The fourth-order valence-corrected chi connectivity index (χ4v) is 3.15. The first kappa shape index (κ1) is 13.7. The second-order valence-corrected chi connectivity index (χ2v) is 6.22. The predicted molar refractivity (Wildman–Crippen MR) is 77.9 cm³/mol. The molecule has 0 atom stereocenters. The Kier molecular flexibility index (Phi) is 3.68. The first-order valence-corrected chi connectivity index (χ1v) is 7.39. The number of benzene rings is 2. The Hall–Kier alpha value is -1.72. The van der Waals surface area contributed by atoms with Gasteiger partial charge >= 0.3 is 0 Å². The van der Waals surface area contributed by atoms with Gasteiger partial charge in [0, 0.05) is 11.4 Å². The summed E-state index contributed by atoms with van der Waals surface area (Å²) in [4.78, 5) is -0.0326. The Bertz CT molecular complexity index is 697. The van der Waals surface area contributed by atoms with Gasteiger partial charge in [-0.3, -0.25) is 4.72 Å². The molecule has 0 bridgehead atoms. The maximum Gasteiger partial charge on any atom is 0.263 e. The normalized spacial score (nSPS) is 11.3. The highest BCUT2D eigenvalue weighted by molar-refractivity contribution is 7.92. The average molecular weight is 297 g/mol. The maximum absolute atomic E-state index is 12.2. The van der Waals surface area contributed by atoms with Gasteiger partial charge in [0.1, 0.15) is 4.90 Å². The van der Waals surface area contributed by atoms with Crippen molar-refractivity contribution >= 4 is 33.0 Å². The van der Waals surface area contributed by atoms with Crippen molar-refractivity contribution in [1.82, 2.24) is 0 Å². The molecule has 19 heavy (non-hydrogen) atoms. The van der Waals surface area contributed by atoms with Crippen LogP contribution in [0.25, 0.3) is 0 Å². The van der Waals surface area contributed by atoms with Crippen LogP contribution in [0, 0.1) is 6.92 Å². The molecule has 0 saturated carbocycles. The molecule has 4 nitrogen and oxygen atoms in total. The molecule has 2 rings (SSSR count). The van der Waals surface area contributed by atoms with Gasteiger partial charge in [-0.05, 0) is 37.3 Å². The molecule has 6 heteroatoms. The average Bonchev–Trinajstić information content (AvgIpc) is 2.35. The zero-order valence-corrected chi connectivity index (χ0v) is 11.8. The van der Waals surface area contributed by atoms with Crippen molar-refractivity contribution < 1.29 is 8.42 Å². The van der Waals surface area contributed by atoms with E-state index in [0.717, 1.165) is 5.56 Å². The number of nitrogens with one attached hydrogen (secondary N) is 1. The Morgan fingerprint density at radius 1 is 1.11 bits per heavy atom. The smallest absolute Gasteiger partial charge is 0.263 e. The second kappa shape index (κ2) is 5.11. The molecule has 0 unspecified atom stereocenters. The van der Waals surface area contributed by atoms with E-state index in [9.17, 15) is 8.42 Å². The lowest BCUT2D eigenvalue weighted by Crippen LogP contribution is -2.13. The van der Waals surface area contributed by atoms with Crippen molar-refractivity contribution in [3.8, 4) is 0 Å². The molecular formula is C13H13ClN2O2S. The number of aryl methyl sites for hydroxylation is 1. The van der Waals surface area contributed by atoms with E-state index in [1.165, 1.54) is 12.1 Å². The van der Waals surface area contributed by atoms with Gasteiger partial charge in [-0.1, -0.05) is 29.3 Å². The van der Waals surface area contributed by atoms with Crippen molar-refractivity contribution in [2.24, 2.45) is 0 Å². The van der Waals surface area contributed by atoms with E-state index in [1.54, 1.807) is 18.2 Å². The number of hydrogen-bond acceptors (Lipinski definition) is 3. The largest absolute Gasteiger partial charge is 0.399 e. The van der Waals surface area contributed by atoms with Crippen LogP contribution in [-0.2, 0) is 10.0 Å². The lowest BCUT2D eigenvalue weighted by molar-refractivity contribution is 0.601. The standard InChI is InChI=1S/C13H13ClN2O2S/c1-9-2-5-11(6-3-9)16-19(17,18)13-8-10(15)4-7-12(13)14/h2-8,16H,15H2,1H3. The lowest BCUT2D eigenvalue weighted by Gasteiger charge is -2.10. The Morgan fingerprint density at radius 3 is 2.37 bits per heavy atom. The summed E-state index contributed by atoms with van der Waals surface area (Å²) in [5.41, 5.74) is 7.45. The highest BCUT2D eigenvalue weighted by Gasteiger charge is 2.18. The minimum Gasteiger partial charge on any atom is -0.399 e. The van der Waals surface area contributed by atoms with Gasteiger partial charge in [-0.2, -0.15) is 0 Å². The second-order valence-electron chi connectivity index (χ2n) is 4.16. The molecule has 0 aliphatic carbocycles. The predicted octanol–water partition coefficient (Wildman–Crippen LogP) is 3.03. The number of nitrogen functional groups attached to an aromatic ring is 1. The zero-order valence-electron chi connectivity index (χ0n) is 10.2. The third-order valence-corrected chi connectivity index (χ3v) is 4.41. The summed E-state index contributed by atoms with van der Waals surface area (Å²) < 4.78 is 26.9. The minimum absolute atomic E-state index is 0.0326. The summed E-state index contributed by atoms with van der Waals surface area (Å²) in [5.74, 6) is 0. The van der Waals surface area contributed by atoms with Crippen molar-refractivity contribution in [3.05, 3.63) is 53.1 Å². The number of rotatable bonds is 3. The number of anilines is 2. The van der Waals surface area contributed by atoms with Crippen LogP contribution in [-0.4, -0.2) is 8.42 Å². The maximum atomic E-state index is 12.2. The molecule has 2 aromatic carbocycles. The van der Waals surface area contributed by atoms with Gasteiger partial charge in [0.25, 0.3) is 10.0 Å². The number of nitrogens with two attached hydrogens (primary N) is 1. The molecule has 100 valence electrons. The zero-order chi connectivity index (χ0) is 14.0. The van der Waals surface area contributed by atoms with E-state index in [-0.39, 0.29) is 9.92 Å². The molecule has 0 fully saturated rings. The molecule has 0 saturated heterocycles. The van der Waals surface area contributed by atoms with Gasteiger partial charge in [-0.15, -0.1) is 0 Å². The van der Waals surface area contributed by atoms with Crippen LogP contribution >= 0.6 is 11.6 Å². The summed E-state index contributed by atoms with van der Waals surface area (Å²) >= 11 is 5.90. The van der Waals surface area contributed by atoms with Crippen LogP contribution in [0.1, 0.15) is 5.56 Å². The summed E-state index contributed by atoms with van der Waals surface area (Å²) in [6.07, 6.45) is 0. The molecule has 0 heterocycles. The van der Waals surface area contributed by atoms with Crippen LogP contribution < -0.4 is 10.5 Å². The number of halogens is 1. The lowest BCUT2D eigenvalue weighted by atomic mass is 10.2. The third-order valence-electron chi connectivity index (χ3n) is 2.55. The minimum atomic E-state index is -3.74. The number of sulfonamides is 1. The SMILES string of the molecule is Cc1ccc(NS(=O)(=O)c2cc(N)ccc2Cl)cc1. The van der Waals surface area contributed by atoms with Crippen molar-refractivity contribution in [3.63, 3.8) is 0 Å². The van der Waals surface area contributed by atoms with E-state index >= 15 is 0 Å². The van der Waals surface area contributed by atoms with Crippen LogP contribution in [0.15, 0.2) is 47.4 Å². The van der Waals surface area contributed by atoms with Crippen LogP contribution in [0.3, 0.4) is 0 Å². The molecule has 3 N–H and O–H groups in total. The van der Waals surface area contributed by atoms with E-state index < -0.39 is 10.0 Å². The van der Waals surface area contributed by atoms with E-state index in [4.69, 9.17) is 17.3 Å². The van der Waals surface area contributed by atoms with Crippen molar-refractivity contribution in [1.29, 1.82) is 0 Å². The molecule has 0 aliphatic heterocycles. The van der Waals surface area contributed by atoms with Crippen LogP contribution in [0.5, 0.6) is 0 Å². The first-order valence-electron chi connectivity index (χ1n) is 5.53. The van der Waals surface area contributed by atoms with Gasteiger partial charge in [0.2, 0.25) is 0 Å². The highest BCUT2D eigenvalue weighted by atomic mass is 35.5. The van der Waals surface area contributed by atoms with Crippen molar-refractivity contribution in [2.45, 2.75) is 11.8 Å². The Labute approximate surface area is 117 Å². The third kappa shape index (κ3) is 3.19. The highest BCUT2D eigenvalue weighted by Crippen LogP contribution is 2.25. The van der Waals surface area contributed by atoms with Gasteiger partial charge in [0.15, 0.2) is 0 Å². The fraction of sp³-hybridized carbons (Fsp3) is 0.0769. The molecule has 2 aromatic rings. The van der Waals surface area contributed by atoms with Crippen molar-refractivity contribution in [2.75, 3.05) is 10.5 Å². The van der Waals surface area contributed by atoms with Gasteiger partial charge < -0.3 is 5.73 Å². The molecule has 0 spiro atoms. The summed E-state index contributed by atoms with van der Waals surface area (Å²) in [7, 11) is -3.74. The quantitative estimate of drug-likeness (QED) is 0.855. The van der Waals surface area contributed by atoms with Crippen LogP contribution in [0.4, 0.5) is 11.4 Å². The molecule has 0 aromatic heterocycles. The van der Waals surface area contributed by atoms with Crippen LogP contribution in [0.2, 0.25) is 5.02 Å². The fourth-order valence-electron chi connectivity index (χ4n) is 1.56. The summed E-state index contributed by atoms with van der Waals surface area (Å²) in [6.45, 7) is 1.92. The number of hydrogen-bond donors (Lipinski definition) is 2. The van der Waals surface area contributed by atoms with Gasteiger partial charge in [0.05, 0.1) is 5.02 Å². The Morgan fingerprint density at radius 2 is 1.74 bits per heavy atom. The molecule has 0 aliphatic rings. The van der Waals surface area contributed by atoms with E-state index in [2.05, 4.69) is 4.72 Å². The topological polar surface area (TPSA) is 72.2 Å². The molecule has 0 radical (unpaired) electrons. The molecular weight excluding hydrogens is 284 g/mol. The molecule has 0 amide bonds. The van der Waals surface area contributed by atoms with E-state index in [0.29, 0.717) is 11.4 Å². The monoisotopic (exact) mass is 296 g/mol. The summed E-state index contributed by atoms with van der Waals surface area (Å²) in [6, 6.07) is 11.4. The van der Waals surface area contributed by atoms with E-state index in [1.807, 2.05) is 19.1 Å². The first-order chi connectivity index (χ1) is 8.88. The summed E-state index contributed by atoms with van der Waals surface area (Å²) in [5, 5.41) is 0.133. The Balaban J connectivity index is 2.37.